The van der Waals surface area contributed by atoms with E-state index in [1.165, 1.54) is 16.2 Å². The molecule has 3 nitrogen and oxygen atoms in total. The van der Waals surface area contributed by atoms with Crippen molar-refractivity contribution in [1.82, 2.24) is 0 Å². The van der Waals surface area contributed by atoms with Crippen molar-refractivity contribution in [3.8, 4) is 5.75 Å². The second-order valence-electron chi connectivity index (χ2n) is 7.28. The van der Waals surface area contributed by atoms with Crippen molar-refractivity contribution in [2.75, 3.05) is 7.11 Å². The van der Waals surface area contributed by atoms with Crippen LogP contribution in [-0.2, 0) is 0 Å². The van der Waals surface area contributed by atoms with Crippen LogP contribution in [0.4, 0.5) is 0 Å². The van der Waals surface area contributed by atoms with E-state index in [0.717, 1.165) is 26.9 Å². The maximum absolute atomic E-state index is 12.9. The second kappa shape index (κ2) is 5.82. The normalized spacial score (nSPS) is 11.8. The SMILES string of the molecule is COc1ccc2c(c1)oc(=O)c1c2ccc2c3ccc4ccccc4c3ccc21. The van der Waals surface area contributed by atoms with E-state index >= 15 is 0 Å². The summed E-state index contributed by atoms with van der Waals surface area (Å²) in [5.74, 6) is 0.665. The lowest BCUT2D eigenvalue weighted by Crippen LogP contribution is -2.01. The lowest BCUT2D eigenvalue weighted by Gasteiger charge is -2.10. The second-order valence-corrected chi connectivity index (χ2v) is 7.28. The van der Waals surface area contributed by atoms with Crippen LogP contribution in [-0.4, -0.2) is 7.11 Å². The van der Waals surface area contributed by atoms with Crippen molar-refractivity contribution in [3.05, 3.63) is 89.3 Å². The zero-order valence-electron chi connectivity index (χ0n) is 15.7. The van der Waals surface area contributed by atoms with Crippen LogP contribution in [0.15, 0.2) is 88.1 Å². The van der Waals surface area contributed by atoms with Gasteiger partial charge in [-0.15, -0.1) is 0 Å². The molecule has 0 aliphatic heterocycles. The van der Waals surface area contributed by atoms with Gasteiger partial charge >= 0.3 is 5.63 Å². The van der Waals surface area contributed by atoms with Crippen LogP contribution >= 0.6 is 0 Å². The fraction of sp³-hybridized carbons (Fsp3) is 0.0385. The Morgan fingerprint density at radius 2 is 1.28 bits per heavy atom. The maximum atomic E-state index is 12.9. The van der Waals surface area contributed by atoms with E-state index in [2.05, 4.69) is 42.5 Å². The van der Waals surface area contributed by atoms with E-state index in [9.17, 15) is 4.79 Å². The van der Waals surface area contributed by atoms with E-state index in [0.29, 0.717) is 16.7 Å². The Kier molecular flexibility index (Phi) is 3.24. The predicted molar refractivity (Wildman–Crippen MR) is 119 cm³/mol. The highest BCUT2D eigenvalue weighted by atomic mass is 16.5. The van der Waals surface area contributed by atoms with Crippen molar-refractivity contribution in [3.63, 3.8) is 0 Å². The average molecular weight is 376 g/mol. The lowest BCUT2D eigenvalue weighted by molar-refractivity contribution is 0.414. The first-order chi connectivity index (χ1) is 14.2. The minimum Gasteiger partial charge on any atom is -0.497 e. The highest BCUT2D eigenvalue weighted by molar-refractivity contribution is 6.24. The van der Waals surface area contributed by atoms with Gasteiger partial charge in [0.15, 0.2) is 0 Å². The van der Waals surface area contributed by atoms with Crippen LogP contribution in [0.25, 0.3) is 54.1 Å². The van der Waals surface area contributed by atoms with Gasteiger partial charge in [-0.25, -0.2) is 4.79 Å². The molecule has 1 heterocycles. The lowest BCUT2D eigenvalue weighted by atomic mass is 9.94. The van der Waals surface area contributed by atoms with E-state index in [4.69, 9.17) is 9.15 Å². The molecule has 0 aliphatic carbocycles. The third kappa shape index (κ3) is 2.21. The standard InChI is InChI=1S/C26H16O3/c1-28-16-7-9-21-23-13-11-20-19-8-6-15-4-2-3-5-17(15)18(19)10-12-22(20)25(23)26(27)29-24(21)14-16/h2-14H,1H3. The molecule has 3 heteroatoms. The highest BCUT2D eigenvalue weighted by Crippen LogP contribution is 2.36. The smallest absolute Gasteiger partial charge is 0.344 e. The molecule has 0 radical (unpaired) electrons. The van der Waals surface area contributed by atoms with Crippen LogP contribution in [0.1, 0.15) is 0 Å². The molecular weight excluding hydrogens is 360 g/mol. The Morgan fingerprint density at radius 3 is 2.10 bits per heavy atom. The number of benzene rings is 5. The summed E-state index contributed by atoms with van der Waals surface area (Å²) < 4.78 is 10.9. The summed E-state index contributed by atoms with van der Waals surface area (Å²) in [6, 6.07) is 26.5. The minimum atomic E-state index is -0.327. The molecule has 0 spiro atoms. The van der Waals surface area contributed by atoms with Gasteiger partial charge < -0.3 is 9.15 Å². The van der Waals surface area contributed by atoms with Gasteiger partial charge in [0.05, 0.1) is 12.5 Å². The van der Waals surface area contributed by atoms with Gasteiger partial charge in [0, 0.05) is 16.8 Å². The Bertz CT molecular complexity index is 1660. The topological polar surface area (TPSA) is 39.4 Å². The predicted octanol–water partition coefficient (Wildman–Crippen LogP) is 6.41. The van der Waals surface area contributed by atoms with Gasteiger partial charge in [-0.2, -0.15) is 0 Å². The monoisotopic (exact) mass is 376 g/mol. The fourth-order valence-electron chi connectivity index (χ4n) is 4.44. The van der Waals surface area contributed by atoms with E-state index in [-0.39, 0.29) is 5.63 Å². The first-order valence-electron chi connectivity index (χ1n) is 9.52. The molecule has 138 valence electrons. The summed E-state index contributed by atoms with van der Waals surface area (Å²) in [6.45, 7) is 0. The minimum absolute atomic E-state index is 0.327. The van der Waals surface area contributed by atoms with Gasteiger partial charge in [0.2, 0.25) is 0 Å². The summed E-state index contributed by atoms with van der Waals surface area (Å²) in [5.41, 5.74) is 0.208. The van der Waals surface area contributed by atoms with Crippen molar-refractivity contribution in [2.24, 2.45) is 0 Å². The summed E-state index contributed by atoms with van der Waals surface area (Å²) in [4.78, 5) is 12.9. The number of rotatable bonds is 1. The molecule has 0 N–H and O–H groups in total. The zero-order valence-corrected chi connectivity index (χ0v) is 15.7. The van der Waals surface area contributed by atoms with E-state index < -0.39 is 0 Å². The number of hydrogen-bond acceptors (Lipinski definition) is 3. The van der Waals surface area contributed by atoms with Crippen molar-refractivity contribution >= 4 is 54.1 Å². The van der Waals surface area contributed by atoms with Gasteiger partial charge in [-0.05, 0) is 44.5 Å². The summed E-state index contributed by atoms with van der Waals surface area (Å²) in [5, 5.41) is 9.13. The van der Waals surface area contributed by atoms with Crippen LogP contribution in [0.5, 0.6) is 5.75 Å². The largest absolute Gasteiger partial charge is 0.497 e. The third-order valence-electron chi connectivity index (χ3n) is 5.81. The van der Waals surface area contributed by atoms with Crippen LogP contribution < -0.4 is 10.4 Å². The van der Waals surface area contributed by atoms with Crippen molar-refractivity contribution in [1.29, 1.82) is 0 Å². The molecule has 5 aromatic carbocycles. The molecule has 29 heavy (non-hydrogen) atoms. The van der Waals surface area contributed by atoms with Gasteiger partial charge in [0.1, 0.15) is 11.3 Å². The van der Waals surface area contributed by atoms with Gasteiger partial charge in [0.25, 0.3) is 0 Å². The first-order valence-corrected chi connectivity index (χ1v) is 9.52. The zero-order chi connectivity index (χ0) is 19.5. The fourth-order valence-corrected chi connectivity index (χ4v) is 4.44. The third-order valence-corrected chi connectivity index (χ3v) is 5.81. The number of hydrogen-bond donors (Lipinski definition) is 0. The van der Waals surface area contributed by atoms with Crippen LogP contribution in [0.2, 0.25) is 0 Å². The molecular formula is C26H16O3. The van der Waals surface area contributed by atoms with Crippen molar-refractivity contribution < 1.29 is 9.15 Å². The molecule has 0 atom stereocenters. The Balaban J connectivity index is 1.79. The average Bonchev–Trinajstić information content (AvgIpc) is 2.77. The maximum Gasteiger partial charge on any atom is 0.344 e. The molecule has 0 unspecified atom stereocenters. The molecule has 1 aromatic heterocycles. The molecule has 0 aliphatic rings. The van der Waals surface area contributed by atoms with Crippen molar-refractivity contribution in [2.45, 2.75) is 0 Å². The Hall–Kier alpha value is -3.85. The number of methoxy groups -OCH3 is 1. The van der Waals surface area contributed by atoms with E-state index in [1.807, 2.05) is 30.3 Å². The summed E-state index contributed by atoms with van der Waals surface area (Å²) in [6.07, 6.45) is 0. The molecule has 6 aromatic rings. The molecule has 0 amide bonds. The summed E-state index contributed by atoms with van der Waals surface area (Å²) >= 11 is 0. The Morgan fingerprint density at radius 1 is 0.655 bits per heavy atom. The molecule has 0 saturated heterocycles. The number of ether oxygens (including phenoxy) is 1. The molecule has 0 fully saturated rings. The molecule has 0 bridgehead atoms. The summed E-state index contributed by atoms with van der Waals surface area (Å²) in [7, 11) is 1.60. The van der Waals surface area contributed by atoms with E-state index in [1.54, 1.807) is 13.2 Å². The molecule has 6 rings (SSSR count). The Labute approximate surface area is 165 Å². The van der Waals surface area contributed by atoms with Crippen LogP contribution in [0.3, 0.4) is 0 Å². The first kappa shape index (κ1) is 16.1. The number of fused-ring (bicyclic) bond motifs is 9. The van der Waals surface area contributed by atoms with Gasteiger partial charge in [-0.1, -0.05) is 60.7 Å². The molecule has 0 saturated carbocycles. The quantitative estimate of drug-likeness (QED) is 0.246. The van der Waals surface area contributed by atoms with Crippen LogP contribution in [0, 0.1) is 0 Å². The highest BCUT2D eigenvalue weighted by Gasteiger charge is 2.13. The van der Waals surface area contributed by atoms with Gasteiger partial charge in [-0.3, -0.25) is 0 Å².